The van der Waals surface area contributed by atoms with E-state index in [9.17, 15) is 29.3 Å². The second-order valence-corrected chi connectivity index (χ2v) is 7.46. The van der Waals surface area contributed by atoms with E-state index in [0.717, 1.165) is 39.8 Å². The average molecular weight is 504 g/mol. The number of carbonyl (C=O) groups excluding carboxylic acids is 4. The Kier molecular flexibility index (Phi) is 9.15. The number of hydrogen-bond acceptors (Lipinski definition) is 12. The molecule has 0 amide bonds. The van der Waals surface area contributed by atoms with E-state index in [-0.39, 0.29) is 16.5 Å². The van der Waals surface area contributed by atoms with E-state index < -0.39 is 66.1 Å². The first-order valence-corrected chi connectivity index (χ1v) is 10.2. The van der Waals surface area contributed by atoms with Gasteiger partial charge in [-0.15, -0.1) is 0 Å². The Bertz CT molecular complexity index is 967. The smallest absolute Gasteiger partial charge is 0.303 e. The minimum absolute atomic E-state index is 0.0897. The molecule has 0 bridgehead atoms. The predicted molar refractivity (Wildman–Crippen MR) is 111 cm³/mol. The molecule has 13 nitrogen and oxygen atoms in total. The summed E-state index contributed by atoms with van der Waals surface area (Å²) in [5.41, 5.74) is -0.307. The fraction of sp³-hybridized carbons (Fsp3) is 0.500. The summed E-state index contributed by atoms with van der Waals surface area (Å²) in [5, 5.41) is 10.8. The molecule has 1 heterocycles. The number of benzene rings is 1. The van der Waals surface area contributed by atoms with Crippen molar-refractivity contribution in [1.29, 1.82) is 0 Å². The van der Waals surface area contributed by atoms with Gasteiger partial charge in [-0.25, -0.2) is 0 Å². The number of non-ortho nitro benzene ring substituents is 1. The predicted octanol–water partition coefficient (Wildman–Crippen LogP) is 1.71. The van der Waals surface area contributed by atoms with Gasteiger partial charge in [-0.2, -0.15) is 0 Å². The third-order valence-corrected chi connectivity index (χ3v) is 4.61. The van der Waals surface area contributed by atoms with Crippen molar-refractivity contribution >= 4 is 41.2 Å². The molecule has 0 saturated carbocycles. The standard InChI is InChI=1S/C20H22ClNO12/c1-9(23)29-8-16-17(30-10(2)24)18(31-11(3)25)19(32-12(4)26)20(34-16)33-15-6-5-13(22(27)28)7-14(15)21/h5-7,16-20H,8H2,1-4H3/t16-,17+,18+,19-,20+/m1/s1. The molecule has 1 saturated heterocycles. The van der Waals surface area contributed by atoms with Crippen LogP contribution in [0.1, 0.15) is 27.7 Å². The van der Waals surface area contributed by atoms with Gasteiger partial charge in [0.15, 0.2) is 12.2 Å². The van der Waals surface area contributed by atoms with E-state index in [2.05, 4.69) is 0 Å². The summed E-state index contributed by atoms with van der Waals surface area (Å²) in [6.45, 7) is 3.95. The lowest BCUT2D eigenvalue weighted by molar-refractivity contribution is -0.384. The van der Waals surface area contributed by atoms with E-state index in [0.29, 0.717) is 0 Å². The summed E-state index contributed by atoms with van der Waals surface area (Å²) >= 11 is 6.09. The first-order valence-electron chi connectivity index (χ1n) is 9.80. The molecule has 1 aromatic carbocycles. The molecule has 0 aliphatic carbocycles. The van der Waals surface area contributed by atoms with Gasteiger partial charge >= 0.3 is 23.9 Å². The Morgan fingerprint density at radius 2 is 1.50 bits per heavy atom. The maximum absolute atomic E-state index is 11.8. The summed E-state index contributed by atoms with van der Waals surface area (Å²) in [6, 6.07) is 3.34. The van der Waals surface area contributed by atoms with Crippen LogP contribution in [-0.4, -0.2) is 66.1 Å². The quantitative estimate of drug-likeness (QED) is 0.218. The number of esters is 4. The maximum atomic E-state index is 11.8. The van der Waals surface area contributed by atoms with Crippen LogP contribution in [0.5, 0.6) is 5.75 Å². The number of rotatable bonds is 8. The number of nitrogens with zero attached hydrogens (tertiary/aromatic N) is 1. The van der Waals surface area contributed by atoms with Crippen molar-refractivity contribution < 1.29 is 52.5 Å². The average Bonchev–Trinajstić information content (AvgIpc) is 2.71. The van der Waals surface area contributed by atoms with Crippen molar-refractivity contribution in [2.75, 3.05) is 6.61 Å². The van der Waals surface area contributed by atoms with Crippen LogP contribution in [0.4, 0.5) is 5.69 Å². The minimum atomic E-state index is -1.51. The molecule has 0 N–H and O–H groups in total. The number of halogens is 1. The van der Waals surface area contributed by atoms with Crippen molar-refractivity contribution in [3.05, 3.63) is 33.3 Å². The van der Waals surface area contributed by atoms with Gasteiger partial charge in [0, 0.05) is 39.8 Å². The molecule has 1 fully saturated rings. The van der Waals surface area contributed by atoms with Crippen molar-refractivity contribution in [2.45, 2.75) is 58.4 Å². The van der Waals surface area contributed by atoms with E-state index in [1.807, 2.05) is 0 Å². The highest BCUT2D eigenvalue weighted by atomic mass is 35.5. The molecule has 0 aromatic heterocycles. The van der Waals surface area contributed by atoms with Gasteiger partial charge in [-0.05, 0) is 6.07 Å². The second kappa shape index (κ2) is 11.6. The van der Waals surface area contributed by atoms with Crippen molar-refractivity contribution in [1.82, 2.24) is 0 Å². The van der Waals surface area contributed by atoms with Crippen LogP contribution in [0, 0.1) is 10.1 Å². The van der Waals surface area contributed by atoms with Gasteiger partial charge in [0.25, 0.3) is 5.69 Å². The molecule has 1 aliphatic rings. The largest absolute Gasteiger partial charge is 0.463 e. The molecular weight excluding hydrogens is 482 g/mol. The molecular formula is C20H22ClNO12. The lowest BCUT2D eigenvalue weighted by Crippen LogP contribution is -2.63. The van der Waals surface area contributed by atoms with E-state index >= 15 is 0 Å². The van der Waals surface area contributed by atoms with Gasteiger partial charge in [0.1, 0.15) is 18.5 Å². The molecule has 14 heteroatoms. The zero-order valence-corrected chi connectivity index (χ0v) is 19.3. The summed E-state index contributed by atoms with van der Waals surface area (Å²) in [6.07, 6.45) is -6.98. The number of carbonyl (C=O) groups is 4. The highest BCUT2D eigenvalue weighted by Crippen LogP contribution is 2.34. The Balaban J connectivity index is 2.49. The van der Waals surface area contributed by atoms with Gasteiger partial charge in [-0.1, -0.05) is 11.6 Å². The van der Waals surface area contributed by atoms with Gasteiger partial charge in [0.2, 0.25) is 12.4 Å². The zero-order chi connectivity index (χ0) is 25.6. The molecule has 0 radical (unpaired) electrons. The van der Waals surface area contributed by atoms with Gasteiger partial charge < -0.3 is 28.4 Å². The van der Waals surface area contributed by atoms with Crippen LogP contribution in [0.25, 0.3) is 0 Å². The van der Waals surface area contributed by atoms with Crippen LogP contribution >= 0.6 is 11.6 Å². The van der Waals surface area contributed by atoms with Crippen molar-refractivity contribution in [3.8, 4) is 5.75 Å². The molecule has 0 unspecified atom stereocenters. The third kappa shape index (κ3) is 7.28. The molecule has 5 atom stereocenters. The normalized spacial score (nSPS) is 23.9. The van der Waals surface area contributed by atoms with Crippen LogP contribution in [0.2, 0.25) is 5.02 Å². The molecule has 1 aromatic rings. The molecule has 2 rings (SSSR count). The lowest BCUT2D eigenvalue weighted by atomic mass is 9.98. The van der Waals surface area contributed by atoms with Crippen LogP contribution in [0.3, 0.4) is 0 Å². The van der Waals surface area contributed by atoms with Crippen LogP contribution in [0.15, 0.2) is 18.2 Å². The SMILES string of the molecule is CC(=O)OC[C@H]1O[C@H](Oc2ccc([N+](=O)[O-])cc2Cl)[C@H](OC(C)=O)[C@@H](OC(C)=O)[C@H]1OC(C)=O. The molecule has 0 spiro atoms. The monoisotopic (exact) mass is 503 g/mol. The van der Waals surface area contributed by atoms with Crippen LogP contribution in [-0.2, 0) is 42.9 Å². The topological polar surface area (TPSA) is 167 Å². The number of nitro groups is 1. The van der Waals surface area contributed by atoms with Crippen LogP contribution < -0.4 is 4.74 Å². The highest BCUT2D eigenvalue weighted by molar-refractivity contribution is 6.32. The Morgan fingerprint density at radius 3 is 2.00 bits per heavy atom. The van der Waals surface area contributed by atoms with E-state index in [1.54, 1.807) is 0 Å². The fourth-order valence-electron chi connectivity index (χ4n) is 3.11. The van der Waals surface area contributed by atoms with E-state index in [4.69, 9.17) is 40.0 Å². The Morgan fingerprint density at radius 1 is 0.941 bits per heavy atom. The minimum Gasteiger partial charge on any atom is -0.463 e. The highest BCUT2D eigenvalue weighted by Gasteiger charge is 2.53. The summed E-state index contributed by atoms with van der Waals surface area (Å²) in [5.74, 6) is -3.16. The molecule has 186 valence electrons. The fourth-order valence-corrected chi connectivity index (χ4v) is 3.33. The van der Waals surface area contributed by atoms with Crippen molar-refractivity contribution in [3.63, 3.8) is 0 Å². The molecule has 34 heavy (non-hydrogen) atoms. The van der Waals surface area contributed by atoms with E-state index in [1.165, 1.54) is 6.07 Å². The zero-order valence-electron chi connectivity index (χ0n) is 18.6. The second-order valence-electron chi connectivity index (χ2n) is 7.06. The van der Waals surface area contributed by atoms with Gasteiger partial charge in [0.05, 0.1) is 9.95 Å². The maximum Gasteiger partial charge on any atom is 0.303 e. The number of hydrogen-bond donors (Lipinski definition) is 0. The molecule has 1 aliphatic heterocycles. The Labute approximate surface area is 198 Å². The lowest BCUT2D eigenvalue weighted by Gasteiger charge is -2.43. The summed E-state index contributed by atoms with van der Waals surface area (Å²) in [7, 11) is 0. The van der Waals surface area contributed by atoms with Crippen molar-refractivity contribution in [2.24, 2.45) is 0 Å². The third-order valence-electron chi connectivity index (χ3n) is 4.32. The number of nitro benzene ring substituents is 1. The first kappa shape index (κ1) is 26.8. The number of ether oxygens (including phenoxy) is 6. The Hall–Kier alpha value is -3.45. The summed E-state index contributed by atoms with van der Waals surface area (Å²) < 4.78 is 32.2. The summed E-state index contributed by atoms with van der Waals surface area (Å²) in [4.78, 5) is 57.0. The van der Waals surface area contributed by atoms with Gasteiger partial charge in [-0.3, -0.25) is 29.3 Å². The first-order chi connectivity index (χ1) is 15.9.